The zero-order valence-corrected chi connectivity index (χ0v) is 12.2. The Kier molecular flexibility index (Phi) is 6.24. The first kappa shape index (κ1) is 15.2. The van der Waals surface area contributed by atoms with Crippen LogP contribution < -0.4 is 10.2 Å². The molecule has 2 heterocycles. The van der Waals surface area contributed by atoms with Gasteiger partial charge < -0.3 is 20.1 Å². The third-order valence-electron chi connectivity index (χ3n) is 3.84. The van der Waals surface area contributed by atoms with Crippen LogP contribution in [0.2, 0.25) is 0 Å². The van der Waals surface area contributed by atoms with E-state index in [4.69, 9.17) is 4.74 Å². The fraction of sp³-hybridized carbons (Fsp3) is 0.667. The van der Waals surface area contributed by atoms with Crippen LogP contribution in [0.1, 0.15) is 18.4 Å². The van der Waals surface area contributed by atoms with Crippen molar-refractivity contribution in [3.05, 3.63) is 23.9 Å². The molecule has 1 aromatic heterocycles. The van der Waals surface area contributed by atoms with E-state index in [1.807, 2.05) is 12.3 Å². The van der Waals surface area contributed by atoms with Gasteiger partial charge in [0.1, 0.15) is 5.82 Å². The second-order valence-corrected chi connectivity index (χ2v) is 5.27. The third-order valence-corrected chi connectivity index (χ3v) is 3.84. The van der Waals surface area contributed by atoms with Crippen LogP contribution >= 0.6 is 0 Å². The van der Waals surface area contributed by atoms with E-state index in [0.29, 0.717) is 12.5 Å². The lowest BCUT2D eigenvalue weighted by atomic mass is 9.97. The molecule has 5 heteroatoms. The number of ether oxygens (including phenoxy) is 1. The molecule has 0 spiro atoms. The first-order chi connectivity index (χ1) is 9.85. The normalized spacial score (nSPS) is 16.6. The van der Waals surface area contributed by atoms with E-state index in [2.05, 4.69) is 21.3 Å². The van der Waals surface area contributed by atoms with Crippen molar-refractivity contribution in [2.75, 3.05) is 44.9 Å². The van der Waals surface area contributed by atoms with E-state index < -0.39 is 0 Å². The molecule has 1 aliphatic rings. The summed E-state index contributed by atoms with van der Waals surface area (Å²) in [5.41, 5.74) is 1.23. The number of aliphatic hydroxyl groups excluding tert-OH is 1. The van der Waals surface area contributed by atoms with Gasteiger partial charge in [-0.05, 0) is 24.8 Å². The van der Waals surface area contributed by atoms with Crippen LogP contribution in [-0.4, -0.2) is 50.0 Å². The molecule has 0 radical (unpaired) electrons. The summed E-state index contributed by atoms with van der Waals surface area (Å²) in [6.07, 6.45) is 3.94. The Balaban J connectivity index is 1.93. The molecule has 0 saturated carbocycles. The van der Waals surface area contributed by atoms with Gasteiger partial charge in [0, 0.05) is 51.7 Å². The number of hydrogen-bond donors (Lipinski definition) is 2. The van der Waals surface area contributed by atoms with E-state index in [1.54, 1.807) is 7.11 Å². The van der Waals surface area contributed by atoms with E-state index in [-0.39, 0.29) is 0 Å². The van der Waals surface area contributed by atoms with Gasteiger partial charge in [-0.3, -0.25) is 0 Å². The fourth-order valence-corrected chi connectivity index (χ4v) is 2.58. The van der Waals surface area contributed by atoms with Gasteiger partial charge in [0.05, 0.1) is 6.61 Å². The lowest BCUT2D eigenvalue weighted by Gasteiger charge is -2.33. The molecule has 2 rings (SSSR count). The highest BCUT2D eigenvalue weighted by Crippen LogP contribution is 2.24. The highest BCUT2D eigenvalue weighted by atomic mass is 16.5. The lowest BCUT2D eigenvalue weighted by Crippen LogP contribution is -2.36. The second-order valence-electron chi connectivity index (χ2n) is 5.27. The van der Waals surface area contributed by atoms with E-state index >= 15 is 0 Å². The van der Waals surface area contributed by atoms with Gasteiger partial charge in [-0.1, -0.05) is 6.07 Å². The standard InChI is InChI=1S/C15H25N3O2/c1-20-10-7-16-11-14-3-2-6-17-15(14)18-8-4-13(12-19)5-9-18/h2-3,6,13,16,19H,4-5,7-12H2,1H3. The maximum Gasteiger partial charge on any atom is 0.133 e. The Labute approximate surface area is 121 Å². The van der Waals surface area contributed by atoms with Gasteiger partial charge in [-0.2, -0.15) is 0 Å². The van der Waals surface area contributed by atoms with Crippen LogP contribution in [0, 0.1) is 5.92 Å². The Morgan fingerprint density at radius 3 is 2.95 bits per heavy atom. The molecule has 0 bridgehead atoms. The summed E-state index contributed by atoms with van der Waals surface area (Å²) >= 11 is 0. The number of rotatable bonds is 7. The Bertz CT molecular complexity index is 392. The summed E-state index contributed by atoms with van der Waals surface area (Å²) in [6.45, 7) is 4.64. The van der Waals surface area contributed by atoms with Crippen LogP contribution in [-0.2, 0) is 11.3 Å². The highest BCUT2D eigenvalue weighted by Gasteiger charge is 2.20. The summed E-state index contributed by atoms with van der Waals surface area (Å²) in [7, 11) is 1.71. The molecule has 5 nitrogen and oxygen atoms in total. The van der Waals surface area contributed by atoms with Gasteiger partial charge in [0.25, 0.3) is 0 Å². The van der Waals surface area contributed by atoms with Crippen LogP contribution in [0.4, 0.5) is 5.82 Å². The minimum atomic E-state index is 0.307. The van der Waals surface area contributed by atoms with E-state index in [9.17, 15) is 5.11 Å². The van der Waals surface area contributed by atoms with Crippen molar-refractivity contribution in [3.63, 3.8) is 0 Å². The maximum atomic E-state index is 9.21. The van der Waals surface area contributed by atoms with Crippen molar-refractivity contribution >= 4 is 5.82 Å². The third kappa shape index (κ3) is 4.16. The molecule has 1 saturated heterocycles. The maximum absolute atomic E-state index is 9.21. The molecule has 2 N–H and O–H groups in total. The van der Waals surface area contributed by atoms with Crippen LogP contribution in [0.3, 0.4) is 0 Å². The number of anilines is 1. The lowest BCUT2D eigenvalue weighted by molar-refractivity contribution is 0.199. The minimum absolute atomic E-state index is 0.307. The van der Waals surface area contributed by atoms with E-state index in [1.165, 1.54) is 5.56 Å². The summed E-state index contributed by atoms with van der Waals surface area (Å²) in [6, 6.07) is 4.11. The van der Waals surface area contributed by atoms with E-state index in [0.717, 1.165) is 51.4 Å². The zero-order chi connectivity index (χ0) is 14.2. The summed E-state index contributed by atoms with van der Waals surface area (Å²) < 4.78 is 5.04. The Hall–Kier alpha value is -1.17. The van der Waals surface area contributed by atoms with Gasteiger partial charge in [-0.15, -0.1) is 0 Å². The van der Waals surface area contributed by atoms with Crippen molar-refractivity contribution < 1.29 is 9.84 Å². The van der Waals surface area contributed by atoms with Gasteiger partial charge in [-0.25, -0.2) is 4.98 Å². The number of hydrogen-bond acceptors (Lipinski definition) is 5. The van der Waals surface area contributed by atoms with Gasteiger partial charge in [0.15, 0.2) is 0 Å². The predicted octanol–water partition coefficient (Wildman–Crippen LogP) is 1.03. The van der Waals surface area contributed by atoms with Crippen molar-refractivity contribution in [2.45, 2.75) is 19.4 Å². The second kappa shape index (κ2) is 8.19. The molecule has 20 heavy (non-hydrogen) atoms. The summed E-state index contributed by atoms with van der Waals surface area (Å²) in [4.78, 5) is 6.88. The van der Waals surface area contributed by atoms with Crippen LogP contribution in [0.5, 0.6) is 0 Å². The smallest absolute Gasteiger partial charge is 0.133 e. The zero-order valence-electron chi connectivity index (χ0n) is 12.2. The molecule has 0 atom stereocenters. The molecule has 1 aliphatic heterocycles. The topological polar surface area (TPSA) is 57.6 Å². The fourth-order valence-electron chi connectivity index (χ4n) is 2.58. The number of methoxy groups -OCH3 is 1. The Morgan fingerprint density at radius 1 is 1.45 bits per heavy atom. The van der Waals surface area contributed by atoms with Gasteiger partial charge >= 0.3 is 0 Å². The number of piperidine rings is 1. The van der Waals surface area contributed by atoms with Crippen molar-refractivity contribution in [1.29, 1.82) is 0 Å². The molecule has 0 amide bonds. The van der Waals surface area contributed by atoms with Crippen molar-refractivity contribution in [1.82, 2.24) is 10.3 Å². The predicted molar refractivity (Wildman–Crippen MR) is 79.8 cm³/mol. The summed E-state index contributed by atoms with van der Waals surface area (Å²) in [5.74, 6) is 1.53. The molecule has 1 fully saturated rings. The average molecular weight is 279 g/mol. The molecule has 0 aromatic carbocycles. The van der Waals surface area contributed by atoms with Crippen molar-refractivity contribution in [2.24, 2.45) is 5.92 Å². The first-order valence-corrected chi connectivity index (χ1v) is 7.34. The summed E-state index contributed by atoms with van der Waals surface area (Å²) in [5, 5.41) is 12.6. The first-order valence-electron chi connectivity index (χ1n) is 7.34. The quantitative estimate of drug-likeness (QED) is 0.730. The largest absolute Gasteiger partial charge is 0.396 e. The Morgan fingerprint density at radius 2 is 2.25 bits per heavy atom. The highest BCUT2D eigenvalue weighted by molar-refractivity contribution is 5.47. The number of aliphatic hydroxyl groups is 1. The number of pyridine rings is 1. The molecule has 112 valence electrons. The molecule has 0 aliphatic carbocycles. The number of nitrogens with one attached hydrogen (secondary N) is 1. The molecular formula is C15H25N3O2. The number of nitrogens with zero attached hydrogens (tertiary/aromatic N) is 2. The van der Waals surface area contributed by atoms with Crippen LogP contribution in [0.25, 0.3) is 0 Å². The SMILES string of the molecule is COCCNCc1cccnc1N1CCC(CO)CC1. The van der Waals surface area contributed by atoms with Crippen LogP contribution in [0.15, 0.2) is 18.3 Å². The number of aromatic nitrogens is 1. The molecular weight excluding hydrogens is 254 g/mol. The average Bonchev–Trinajstić information content (AvgIpc) is 2.52. The monoisotopic (exact) mass is 279 g/mol. The molecule has 1 aromatic rings. The minimum Gasteiger partial charge on any atom is -0.396 e. The van der Waals surface area contributed by atoms with Crippen molar-refractivity contribution in [3.8, 4) is 0 Å². The molecule has 0 unspecified atom stereocenters. The van der Waals surface area contributed by atoms with Gasteiger partial charge in [0.2, 0.25) is 0 Å².